The summed E-state index contributed by atoms with van der Waals surface area (Å²) in [4.78, 5) is 22.1. The van der Waals surface area contributed by atoms with Gasteiger partial charge in [-0.15, -0.1) is 0 Å². The molecule has 1 aromatic heterocycles. The van der Waals surface area contributed by atoms with Crippen LogP contribution in [-0.2, 0) is 4.79 Å². The molecule has 1 aromatic rings. The van der Waals surface area contributed by atoms with Crippen LogP contribution in [-0.4, -0.2) is 51.6 Å². The van der Waals surface area contributed by atoms with Crippen LogP contribution in [0.1, 0.15) is 18.5 Å². The lowest BCUT2D eigenvalue weighted by atomic mass is 10.1. The van der Waals surface area contributed by atoms with E-state index < -0.39 is 0 Å². The van der Waals surface area contributed by atoms with E-state index in [0.717, 1.165) is 18.5 Å². The summed E-state index contributed by atoms with van der Waals surface area (Å²) >= 11 is 0. The van der Waals surface area contributed by atoms with E-state index >= 15 is 0 Å². The van der Waals surface area contributed by atoms with Gasteiger partial charge in [-0.25, -0.2) is 9.97 Å². The smallest absolute Gasteiger partial charge is 0.245 e. The Morgan fingerprint density at radius 2 is 2.44 bits per heavy atom. The van der Waals surface area contributed by atoms with Crippen molar-refractivity contribution in [2.24, 2.45) is 0 Å². The molecule has 1 fully saturated rings. The van der Waals surface area contributed by atoms with Gasteiger partial charge in [0.1, 0.15) is 6.04 Å². The maximum atomic E-state index is 12.1. The van der Waals surface area contributed by atoms with Crippen LogP contribution in [0.5, 0.6) is 0 Å². The van der Waals surface area contributed by atoms with Crippen molar-refractivity contribution in [1.29, 1.82) is 0 Å². The van der Waals surface area contributed by atoms with Gasteiger partial charge in [-0.2, -0.15) is 0 Å². The summed E-state index contributed by atoms with van der Waals surface area (Å²) < 4.78 is 0. The molecule has 1 unspecified atom stereocenters. The summed E-state index contributed by atoms with van der Waals surface area (Å²) in [7, 11) is 0. The number of amides is 1. The Morgan fingerprint density at radius 3 is 3.17 bits per heavy atom. The Labute approximate surface area is 106 Å². The number of aliphatic hydroxyl groups is 1. The van der Waals surface area contributed by atoms with Crippen LogP contribution < -0.4 is 5.32 Å². The largest absolute Gasteiger partial charge is 0.395 e. The number of rotatable bonds is 4. The topological polar surface area (TPSA) is 78.4 Å². The molecule has 0 radical (unpaired) electrons. The highest BCUT2D eigenvalue weighted by molar-refractivity contribution is 5.84. The van der Waals surface area contributed by atoms with Crippen LogP contribution >= 0.6 is 0 Å². The number of aromatic nitrogens is 2. The fraction of sp³-hybridized carbons (Fsp3) is 0.583. The highest BCUT2D eigenvalue weighted by atomic mass is 16.3. The number of nitrogens with zero attached hydrogens (tertiary/aromatic N) is 3. The van der Waals surface area contributed by atoms with Crippen molar-refractivity contribution in [2.75, 3.05) is 25.0 Å². The molecule has 0 aliphatic carbocycles. The van der Waals surface area contributed by atoms with Gasteiger partial charge in [-0.1, -0.05) is 0 Å². The second kappa shape index (κ2) is 5.77. The molecule has 1 amide bonds. The van der Waals surface area contributed by atoms with Crippen LogP contribution in [0.25, 0.3) is 0 Å². The molecule has 6 nitrogen and oxygen atoms in total. The fourth-order valence-electron chi connectivity index (χ4n) is 2.09. The van der Waals surface area contributed by atoms with Crippen LogP contribution in [0.3, 0.4) is 0 Å². The molecule has 0 aromatic carbocycles. The third-order valence-electron chi connectivity index (χ3n) is 3.00. The standard InChI is InChI=1S/C12H18N4O2/c1-9-4-5-13-12(14-9)15-10-3-2-6-16(7-8-17)11(10)18/h4-5,10,17H,2-3,6-8H2,1H3,(H,13,14,15). The van der Waals surface area contributed by atoms with Crippen molar-refractivity contribution in [3.63, 3.8) is 0 Å². The second-order valence-electron chi connectivity index (χ2n) is 4.41. The Kier molecular flexibility index (Phi) is 4.09. The van der Waals surface area contributed by atoms with Gasteiger partial charge in [0.2, 0.25) is 11.9 Å². The van der Waals surface area contributed by atoms with E-state index in [9.17, 15) is 4.79 Å². The molecule has 1 aliphatic heterocycles. The summed E-state index contributed by atoms with van der Waals surface area (Å²) in [5.41, 5.74) is 0.864. The van der Waals surface area contributed by atoms with Crippen molar-refractivity contribution in [3.05, 3.63) is 18.0 Å². The van der Waals surface area contributed by atoms with E-state index in [0.29, 0.717) is 19.0 Å². The molecular formula is C12H18N4O2. The molecule has 2 rings (SSSR count). The monoisotopic (exact) mass is 250 g/mol. The minimum Gasteiger partial charge on any atom is -0.395 e. The van der Waals surface area contributed by atoms with Crippen molar-refractivity contribution in [1.82, 2.24) is 14.9 Å². The Hall–Kier alpha value is -1.69. The van der Waals surface area contributed by atoms with Crippen LogP contribution in [0.2, 0.25) is 0 Å². The highest BCUT2D eigenvalue weighted by Crippen LogP contribution is 2.14. The van der Waals surface area contributed by atoms with E-state index in [4.69, 9.17) is 5.11 Å². The number of aliphatic hydroxyl groups excluding tert-OH is 1. The summed E-state index contributed by atoms with van der Waals surface area (Å²) in [6.07, 6.45) is 3.37. The number of carbonyl (C=O) groups excluding carboxylic acids is 1. The Balaban J connectivity index is 2.02. The molecule has 0 spiro atoms. The maximum Gasteiger partial charge on any atom is 0.245 e. The molecule has 1 atom stereocenters. The zero-order valence-electron chi connectivity index (χ0n) is 10.5. The SMILES string of the molecule is Cc1ccnc(NC2CCCN(CCO)C2=O)n1. The van der Waals surface area contributed by atoms with Crippen LogP contribution in [0.15, 0.2) is 12.3 Å². The number of aryl methyl sites for hydroxylation is 1. The first kappa shape index (κ1) is 12.8. The van der Waals surface area contributed by atoms with Gasteiger partial charge in [0.15, 0.2) is 0 Å². The molecular weight excluding hydrogens is 232 g/mol. The van der Waals surface area contributed by atoms with Crippen LogP contribution in [0.4, 0.5) is 5.95 Å². The van der Waals surface area contributed by atoms with E-state index in [1.165, 1.54) is 0 Å². The van der Waals surface area contributed by atoms with Gasteiger partial charge in [0.05, 0.1) is 6.61 Å². The van der Waals surface area contributed by atoms with Gasteiger partial charge >= 0.3 is 0 Å². The van der Waals surface area contributed by atoms with Crippen LogP contribution in [0, 0.1) is 6.92 Å². The zero-order chi connectivity index (χ0) is 13.0. The molecule has 18 heavy (non-hydrogen) atoms. The number of hydrogen-bond donors (Lipinski definition) is 2. The lowest BCUT2D eigenvalue weighted by molar-refractivity contribution is -0.134. The summed E-state index contributed by atoms with van der Waals surface area (Å²) in [5.74, 6) is 0.500. The van der Waals surface area contributed by atoms with Gasteiger partial charge in [0.25, 0.3) is 0 Å². The molecule has 6 heteroatoms. The first-order valence-corrected chi connectivity index (χ1v) is 6.16. The fourth-order valence-corrected chi connectivity index (χ4v) is 2.09. The maximum absolute atomic E-state index is 12.1. The highest BCUT2D eigenvalue weighted by Gasteiger charge is 2.28. The average Bonchev–Trinajstić information content (AvgIpc) is 2.35. The van der Waals surface area contributed by atoms with E-state index in [-0.39, 0.29) is 18.6 Å². The first-order chi connectivity index (χ1) is 8.70. The lowest BCUT2D eigenvalue weighted by Gasteiger charge is -2.32. The van der Waals surface area contributed by atoms with Gasteiger partial charge in [-0.3, -0.25) is 4.79 Å². The molecule has 1 saturated heterocycles. The molecule has 2 heterocycles. The third kappa shape index (κ3) is 2.95. The summed E-state index contributed by atoms with van der Waals surface area (Å²) in [6.45, 7) is 2.99. The minimum atomic E-state index is -0.285. The third-order valence-corrected chi connectivity index (χ3v) is 3.00. The Morgan fingerprint density at radius 1 is 1.61 bits per heavy atom. The lowest BCUT2D eigenvalue weighted by Crippen LogP contribution is -2.48. The number of β-amino-alcohol motifs (C(OH)–C–C–N with tert-alkyl or cyclic N) is 1. The van der Waals surface area contributed by atoms with E-state index in [1.54, 1.807) is 11.1 Å². The van der Waals surface area contributed by atoms with E-state index in [2.05, 4.69) is 15.3 Å². The number of likely N-dealkylation sites (tertiary alicyclic amines) is 1. The number of anilines is 1. The number of piperidine rings is 1. The van der Waals surface area contributed by atoms with Gasteiger partial charge in [-0.05, 0) is 25.8 Å². The van der Waals surface area contributed by atoms with Crippen molar-refractivity contribution < 1.29 is 9.90 Å². The number of nitrogens with one attached hydrogen (secondary N) is 1. The van der Waals surface area contributed by atoms with Gasteiger partial charge in [0, 0.05) is 25.0 Å². The normalized spacial score (nSPS) is 20.0. The quantitative estimate of drug-likeness (QED) is 0.797. The van der Waals surface area contributed by atoms with Gasteiger partial charge < -0.3 is 15.3 Å². The Bertz CT molecular complexity index is 422. The minimum absolute atomic E-state index is 0.000590. The predicted octanol–water partition coefficient (Wildman–Crippen LogP) is 0.180. The predicted molar refractivity (Wildman–Crippen MR) is 67.1 cm³/mol. The van der Waals surface area contributed by atoms with Crippen molar-refractivity contribution in [3.8, 4) is 0 Å². The molecule has 0 saturated carbocycles. The number of carbonyl (C=O) groups is 1. The first-order valence-electron chi connectivity index (χ1n) is 6.16. The second-order valence-corrected chi connectivity index (χ2v) is 4.41. The zero-order valence-corrected chi connectivity index (χ0v) is 10.5. The molecule has 98 valence electrons. The number of hydrogen-bond acceptors (Lipinski definition) is 5. The average molecular weight is 250 g/mol. The molecule has 0 bridgehead atoms. The summed E-state index contributed by atoms with van der Waals surface area (Å²) in [6, 6.07) is 1.53. The summed E-state index contributed by atoms with van der Waals surface area (Å²) in [5, 5.41) is 12.0. The van der Waals surface area contributed by atoms with Crippen molar-refractivity contribution in [2.45, 2.75) is 25.8 Å². The molecule has 2 N–H and O–H groups in total. The van der Waals surface area contributed by atoms with Crippen molar-refractivity contribution >= 4 is 11.9 Å². The molecule has 1 aliphatic rings. The van der Waals surface area contributed by atoms with E-state index in [1.807, 2.05) is 13.0 Å².